The van der Waals surface area contributed by atoms with E-state index in [9.17, 15) is 4.79 Å². The summed E-state index contributed by atoms with van der Waals surface area (Å²) in [6, 6.07) is 12.1. The molecule has 2 rings (SSSR count). The summed E-state index contributed by atoms with van der Waals surface area (Å²) in [5.41, 5.74) is 2.15. The maximum Gasteiger partial charge on any atom is 0.193 e. The fraction of sp³-hybridized carbons (Fsp3) is 0.133. The summed E-state index contributed by atoms with van der Waals surface area (Å²) in [4.78, 5) is 16.9. The third kappa shape index (κ3) is 2.92. The van der Waals surface area contributed by atoms with E-state index in [2.05, 4.69) is 4.84 Å². The molecule has 0 unspecified atom stereocenters. The number of hydrogen-bond donors (Lipinski definition) is 1. The average Bonchev–Trinajstić information content (AvgIpc) is 2.46. The molecule has 0 saturated carbocycles. The van der Waals surface area contributed by atoms with E-state index < -0.39 is 0 Å². The highest BCUT2D eigenvalue weighted by atomic mass is 16.6. The molecule has 0 amide bonds. The summed E-state index contributed by atoms with van der Waals surface area (Å²) in [7, 11) is 1.58. The quantitative estimate of drug-likeness (QED) is 0.675. The third-order valence-electron chi connectivity index (χ3n) is 2.80. The minimum atomic E-state index is -0.0643. The highest BCUT2D eigenvalue weighted by Gasteiger charge is 2.11. The lowest BCUT2D eigenvalue weighted by atomic mass is 10.0. The molecule has 2 aromatic rings. The maximum absolute atomic E-state index is 12.3. The van der Waals surface area contributed by atoms with E-state index in [1.807, 2.05) is 19.1 Å². The molecule has 4 heteroatoms. The fourth-order valence-corrected chi connectivity index (χ4v) is 1.85. The van der Waals surface area contributed by atoms with Crippen molar-refractivity contribution in [3.05, 3.63) is 59.2 Å². The van der Waals surface area contributed by atoms with Crippen LogP contribution in [-0.4, -0.2) is 12.9 Å². The zero-order valence-electron chi connectivity index (χ0n) is 10.8. The molecule has 0 aliphatic rings. The molecule has 4 nitrogen and oxygen atoms in total. The number of carbonyl (C=O) groups excluding carboxylic acids is 1. The van der Waals surface area contributed by atoms with Crippen LogP contribution in [0.15, 0.2) is 42.5 Å². The highest BCUT2D eigenvalue weighted by molar-refractivity contribution is 6.09. The molecule has 98 valence electrons. The van der Waals surface area contributed by atoms with Crippen LogP contribution in [0.5, 0.6) is 11.5 Å². The summed E-state index contributed by atoms with van der Waals surface area (Å²) < 4.78 is 5.17. The van der Waals surface area contributed by atoms with Crippen LogP contribution in [0.2, 0.25) is 0 Å². The topological polar surface area (TPSA) is 61.5 Å². The van der Waals surface area contributed by atoms with Gasteiger partial charge in [-0.1, -0.05) is 0 Å². The minimum Gasteiger partial charge on any atom is -0.497 e. The van der Waals surface area contributed by atoms with E-state index >= 15 is 0 Å². The van der Waals surface area contributed by atoms with Crippen LogP contribution in [0.25, 0.3) is 0 Å². The normalized spacial score (nSPS) is 10.1. The number of benzene rings is 2. The van der Waals surface area contributed by atoms with E-state index in [1.165, 1.54) is 0 Å². The van der Waals surface area contributed by atoms with Gasteiger partial charge in [0.05, 0.1) is 7.11 Å². The molecule has 0 atom stereocenters. The number of ether oxygens (including phenoxy) is 1. The van der Waals surface area contributed by atoms with Crippen molar-refractivity contribution in [1.29, 1.82) is 0 Å². The summed E-state index contributed by atoms with van der Waals surface area (Å²) in [6.45, 7) is 1.92. The Balaban J connectivity index is 2.34. The summed E-state index contributed by atoms with van der Waals surface area (Å²) >= 11 is 0. The molecule has 0 radical (unpaired) electrons. The Morgan fingerprint density at radius 1 is 1.00 bits per heavy atom. The van der Waals surface area contributed by atoms with E-state index in [0.29, 0.717) is 22.6 Å². The Bertz CT molecular complexity index is 591. The first-order valence-electron chi connectivity index (χ1n) is 5.81. The van der Waals surface area contributed by atoms with Crippen molar-refractivity contribution >= 4 is 5.78 Å². The van der Waals surface area contributed by atoms with Crippen molar-refractivity contribution in [2.24, 2.45) is 5.90 Å². The van der Waals surface area contributed by atoms with Crippen molar-refractivity contribution in [3.8, 4) is 11.5 Å². The summed E-state index contributed by atoms with van der Waals surface area (Å²) in [5.74, 6) is 6.16. The minimum absolute atomic E-state index is 0.0643. The van der Waals surface area contributed by atoms with Crippen molar-refractivity contribution in [3.63, 3.8) is 0 Å². The zero-order valence-corrected chi connectivity index (χ0v) is 10.8. The molecule has 0 bridgehead atoms. The number of aryl methyl sites for hydroxylation is 1. The molecule has 0 fully saturated rings. The van der Waals surface area contributed by atoms with Crippen LogP contribution in [0.1, 0.15) is 21.5 Å². The van der Waals surface area contributed by atoms with Gasteiger partial charge in [0.25, 0.3) is 0 Å². The van der Waals surface area contributed by atoms with Gasteiger partial charge in [-0.2, -0.15) is 5.90 Å². The van der Waals surface area contributed by atoms with Crippen molar-refractivity contribution in [1.82, 2.24) is 0 Å². The molecular weight excluding hydrogens is 242 g/mol. The van der Waals surface area contributed by atoms with Crippen LogP contribution in [0.3, 0.4) is 0 Å². The van der Waals surface area contributed by atoms with Gasteiger partial charge in [0.15, 0.2) is 5.78 Å². The Kier molecular flexibility index (Phi) is 3.82. The average molecular weight is 257 g/mol. The molecule has 0 aliphatic carbocycles. The Hall–Kier alpha value is -2.33. The molecular formula is C15H15NO3. The van der Waals surface area contributed by atoms with Gasteiger partial charge in [-0.3, -0.25) is 4.79 Å². The lowest BCUT2D eigenvalue weighted by molar-refractivity contribution is 0.103. The van der Waals surface area contributed by atoms with E-state index in [0.717, 1.165) is 5.56 Å². The Labute approximate surface area is 111 Å². The standard InChI is InChI=1S/C15H15NO3/c1-10-7-12(9-14(8-10)18-2)15(17)11-3-5-13(19-16)6-4-11/h3-9H,16H2,1-2H3. The molecule has 0 saturated heterocycles. The van der Waals surface area contributed by atoms with Gasteiger partial charge in [-0.25, -0.2) is 0 Å². The van der Waals surface area contributed by atoms with Crippen LogP contribution in [0, 0.1) is 6.92 Å². The second-order valence-corrected chi connectivity index (χ2v) is 4.21. The van der Waals surface area contributed by atoms with Crippen molar-refractivity contribution < 1.29 is 14.4 Å². The molecule has 0 aliphatic heterocycles. The lowest BCUT2D eigenvalue weighted by Crippen LogP contribution is -2.04. The number of nitrogens with two attached hydrogens (primary N) is 1. The number of carbonyl (C=O) groups is 1. The molecule has 19 heavy (non-hydrogen) atoms. The maximum atomic E-state index is 12.3. The Morgan fingerprint density at radius 3 is 2.26 bits per heavy atom. The van der Waals surface area contributed by atoms with Crippen molar-refractivity contribution in [2.45, 2.75) is 6.92 Å². The molecule has 0 spiro atoms. The lowest BCUT2D eigenvalue weighted by Gasteiger charge is -2.07. The second kappa shape index (κ2) is 5.54. The van der Waals surface area contributed by atoms with Crippen LogP contribution >= 0.6 is 0 Å². The van der Waals surface area contributed by atoms with Crippen LogP contribution in [-0.2, 0) is 0 Å². The van der Waals surface area contributed by atoms with Gasteiger partial charge in [0, 0.05) is 11.1 Å². The van der Waals surface area contributed by atoms with Crippen molar-refractivity contribution in [2.75, 3.05) is 7.11 Å². The first-order chi connectivity index (χ1) is 9.13. The largest absolute Gasteiger partial charge is 0.497 e. The van der Waals surface area contributed by atoms with Gasteiger partial charge in [0.2, 0.25) is 0 Å². The number of hydrogen-bond acceptors (Lipinski definition) is 4. The predicted octanol–water partition coefficient (Wildman–Crippen LogP) is 2.49. The van der Waals surface area contributed by atoms with Crippen LogP contribution in [0.4, 0.5) is 0 Å². The van der Waals surface area contributed by atoms with Gasteiger partial charge in [-0.15, -0.1) is 0 Å². The second-order valence-electron chi connectivity index (χ2n) is 4.21. The van der Waals surface area contributed by atoms with Gasteiger partial charge in [-0.05, 0) is 55.0 Å². The summed E-state index contributed by atoms with van der Waals surface area (Å²) in [6.07, 6.45) is 0. The molecule has 0 aromatic heterocycles. The third-order valence-corrected chi connectivity index (χ3v) is 2.80. The summed E-state index contributed by atoms with van der Waals surface area (Å²) in [5, 5.41) is 0. The monoisotopic (exact) mass is 257 g/mol. The number of rotatable bonds is 4. The smallest absolute Gasteiger partial charge is 0.193 e. The number of methoxy groups -OCH3 is 1. The molecule has 2 N–H and O–H groups in total. The van der Waals surface area contributed by atoms with E-state index in [4.69, 9.17) is 10.6 Å². The SMILES string of the molecule is COc1cc(C)cc(C(=O)c2ccc(ON)cc2)c1. The molecule has 0 heterocycles. The fourth-order valence-electron chi connectivity index (χ4n) is 1.85. The zero-order chi connectivity index (χ0) is 13.8. The molecule has 2 aromatic carbocycles. The van der Waals surface area contributed by atoms with Gasteiger partial charge >= 0.3 is 0 Å². The Morgan fingerprint density at radius 2 is 1.68 bits per heavy atom. The number of ketones is 1. The first kappa shape index (κ1) is 13.1. The predicted molar refractivity (Wildman–Crippen MR) is 72.4 cm³/mol. The van der Waals surface area contributed by atoms with Gasteiger partial charge < -0.3 is 9.57 Å². The van der Waals surface area contributed by atoms with E-state index in [-0.39, 0.29) is 5.78 Å². The first-order valence-corrected chi connectivity index (χ1v) is 5.81. The van der Waals surface area contributed by atoms with E-state index in [1.54, 1.807) is 37.4 Å². The van der Waals surface area contributed by atoms with Gasteiger partial charge in [0.1, 0.15) is 11.5 Å². The van der Waals surface area contributed by atoms with Crippen LogP contribution < -0.4 is 15.5 Å². The highest BCUT2D eigenvalue weighted by Crippen LogP contribution is 2.20.